The summed E-state index contributed by atoms with van der Waals surface area (Å²) < 4.78 is 40.1. The van der Waals surface area contributed by atoms with Gasteiger partial charge in [0.25, 0.3) is 5.91 Å². The second-order valence-corrected chi connectivity index (χ2v) is 12.4. The van der Waals surface area contributed by atoms with Crippen LogP contribution in [0, 0.1) is 12.7 Å². The van der Waals surface area contributed by atoms with Gasteiger partial charge in [-0.05, 0) is 74.4 Å². The number of rotatable bonds is 10. The molecule has 1 aliphatic rings. The van der Waals surface area contributed by atoms with Gasteiger partial charge in [0.2, 0.25) is 0 Å². The van der Waals surface area contributed by atoms with Gasteiger partial charge in [0.15, 0.2) is 27.4 Å². The Morgan fingerprint density at radius 3 is 2.25 bits per heavy atom. The van der Waals surface area contributed by atoms with E-state index in [1.165, 1.54) is 42.5 Å². The van der Waals surface area contributed by atoms with Crippen LogP contribution in [0.4, 0.5) is 10.1 Å². The van der Waals surface area contributed by atoms with E-state index in [0.717, 1.165) is 49.8 Å². The summed E-state index contributed by atoms with van der Waals surface area (Å²) in [5.41, 5.74) is 0.745. The van der Waals surface area contributed by atoms with E-state index < -0.39 is 44.9 Å². The van der Waals surface area contributed by atoms with Crippen LogP contribution in [-0.4, -0.2) is 43.7 Å². The third kappa shape index (κ3) is 7.34. The SMILES string of the molecule is Cc1ccc(S(=O)(=O)CC(=O)c2cc(F)ccc2NC(C(=O)NC2CCCCC2)C(=O)c2ccc(Cl)cc2)cc1. The molecule has 0 radical (unpaired) electrons. The number of sulfone groups is 1. The zero-order valence-electron chi connectivity index (χ0n) is 22.0. The van der Waals surface area contributed by atoms with Crippen molar-refractivity contribution in [2.24, 2.45) is 0 Å². The smallest absolute Gasteiger partial charge is 0.250 e. The molecule has 3 aromatic carbocycles. The van der Waals surface area contributed by atoms with Crippen LogP contribution < -0.4 is 10.6 Å². The van der Waals surface area contributed by atoms with E-state index in [0.29, 0.717) is 5.02 Å². The molecule has 0 bridgehead atoms. The van der Waals surface area contributed by atoms with Crippen LogP contribution in [0.15, 0.2) is 71.6 Å². The standard InChI is InChI=1S/C30H30ClFN2O5S/c1-19-7-14-24(15-8-19)40(38,39)18-27(35)25-17-22(32)13-16-26(25)34-28(29(36)20-9-11-21(31)12-10-20)30(37)33-23-5-3-2-4-6-23/h7-17,23,28,34H,2-6,18H2,1H3,(H,33,37). The van der Waals surface area contributed by atoms with Gasteiger partial charge >= 0.3 is 0 Å². The largest absolute Gasteiger partial charge is 0.367 e. The molecule has 1 fully saturated rings. The zero-order chi connectivity index (χ0) is 28.9. The van der Waals surface area contributed by atoms with E-state index in [1.54, 1.807) is 19.1 Å². The quantitative estimate of drug-likeness (QED) is 0.239. The van der Waals surface area contributed by atoms with Crippen molar-refractivity contribution in [1.82, 2.24) is 5.32 Å². The number of hydrogen-bond acceptors (Lipinski definition) is 6. The molecule has 1 saturated carbocycles. The van der Waals surface area contributed by atoms with Crippen molar-refractivity contribution in [3.8, 4) is 0 Å². The van der Waals surface area contributed by atoms with Crippen molar-refractivity contribution in [3.05, 3.63) is 94.3 Å². The second kappa shape index (κ2) is 12.7. The molecule has 40 heavy (non-hydrogen) atoms. The lowest BCUT2D eigenvalue weighted by atomic mass is 9.94. The Morgan fingerprint density at radius 1 is 0.950 bits per heavy atom. The third-order valence-corrected chi connectivity index (χ3v) is 8.77. The van der Waals surface area contributed by atoms with Gasteiger partial charge in [0.05, 0.1) is 4.90 Å². The van der Waals surface area contributed by atoms with Gasteiger partial charge in [-0.15, -0.1) is 0 Å². The molecule has 0 heterocycles. The Hall–Kier alpha value is -3.56. The molecule has 0 aliphatic heterocycles. The lowest BCUT2D eigenvalue weighted by Crippen LogP contribution is -2.49. The number of carbonyl (C=O) groups is 3. The number of ketones is 2. The van der Waals surface area contributed by atoms with Crippen molar-refractivity contribution >= 4 is 44.6 Å². The molecule has 1 unspecified atom stereocenters. The number of hydrogen-bond donors (Lipinski definition) is 2. The van der Waals surface area contributed by atoms with Crippen LogP contribution in [0.25, 0.3) is 0 Å². The number of nitrogens with one attached hydrogen (secondary N) is 2. The molecule has 1 aliphatic carbocycles. The van der Waals surface area contributed by atoms with Crippen LogP contribution >= 0.6 is 11.6 Å². The summed E-state index contributed by atoms with van der Waals surface area (Å²) in [6.45, 7) is 1.80. The van der Waals surface area contributed by atoms with Crippen LogP contribution in [0.1, 0.15) is 58.4 Å². The molecule has 3 aromatic rings. The molecular formula is C30H30ClFN2O5S. The maximum absolute atomic E-state index is 14.3. The number of Topliss-reactive ketones (excluding diaryl/α,β-unsaturated/α-hetero) is 2. The Labute approximate surface area is 238 Å². The number of carbonyl (C=O) groups excluding carboxylic acids is 3. The Kier molecular flexibility index (Phi) is 9.37. The van der Waals surface area contributed by atoms with E-state index in [-0.39, 0.29) is 27.8 Å². The Morgan fingerprint density at radius 2 is 1.60 bits per heavy atom. The van der Waals surface area contributed by atoms with E-state index in [9.17, 15) is 27.2 Å². The fraction of sp³-hybridized carbons (Fsp3) is 0.300. The first-order valence-electron chi connectivity index (χ1n) is 13.0. The van der Waals surface area contributed by atoms with Crippen molar-refractivity contribution in [1.29, 1.82) is 0 Å². The average molecular weight is 585 g/mol. The summed E-state index contributed by atoms with van der Waals surface area (Å²) in [4.78, 5) is 40.1. The van der Waals surface area contributed by atoms with Crippen LogP contribution in [0.3, 0.4) is 0 Å². The van der Waals surface area contributed by atoms with Crippen LogP contribution in [-0.2, 0) is 14.6 Å². The Bertz CT molecular complexity index is 1500. The fourth-order valence-electron chi connectivity index (χ4n) is 4.67. The topological polar surface area (TPSA) is 109 Å². The highest BCUT2D eigenvalue weighted by Gasteiger charge is 2.31. The maximum atomic E-state index is 14.3. The monoisotopic (exact) mass is 584 g/mol. The first-order chi connectivity index (χ1) is 19.0. The highest BCUT2D eigenvalue weighted by atomic mass is 35.5. The van der Waals surface area contributed by atoms with Gasteiger partial charge in [0.1, 0.15) is 11.6 Å². The van der Waals surface area contributed by atoms with E-state index in [2.05, 4.69) is 10.6 Å². The molecule has 0 saturated heterocycles. The molecule has 210 valence electrons. The number of halogens is 2. The van der Waals surface area contributed by atoms with Crippen molar-refractivity contribution < 1.29 is 27.2 Å². The summed E-state index contributed by atoms with van der Waals surface area (Å²) in [5.74, 6) is -3.75. The average Bonchev–Trinajstić information content (AvgIpc) is 2.93. The fourth-order valence-corrected chi connectivity index (χ4v) is 6.01. The minimum absolute atomic E-state index is 0.0309. The molecule has 0 aromatic heterocycles. The highest BCUT2D eigenvalue weighted by molar-refractivity contribution is 7.92. The first kappa shape index (κ1) is 29.4. The van der Waals surface area contributed by atoms with Crippen molar-refractivity contribution in [3.63, 3.8) is 0 Å². The number of anilines is 1. The summed E-state index contributed by atoms with van der Waals surface area (Å²) in [6.07, 6.45) is 4.56. The van der Waals surface area contributed by atoms with E-state index in [1.807, 2.05) is 0 Å². The van der Waals surface area contributed by atoms with Gasteiger partial charge in [-0.2, -0.15) is 0 Å². The third-order valence-electron chi connectivity index (χ3n) is 6.89. The van der Waals surface area contributed by atoms with Gasteiger partial charge in [-0.1, -0.05) is 48.6 Å². The molecule has 4 rings (SSSR count). The lowest BCUT2D eigenvalue weighted by Gasteiger charge is -2.26. The first-order valence-corrected chi connectivity index (χ1v) is 15.1. The van der Waals surface area contributed by atoms with E-state index >= 15 is 0 Å². The minimum atomic E-state index is -4.04. The molecule has 1 atom stereocenters. The van der Waals surface area contributed by atoms with Gasteiger partial charge in [0, 0.05) is 27.9 Å². The van der Waals surface area contributed by atoms with Crippen LogP contribution in [0.5, 0.6) is 0 Å². The van der Waals surface area contributed by atoms with Crippen LogP contribution in [0.2, 0.25) is 5.02 Å². The molecule has 2 N–H and O–H groups in total. The van der Waals surface area contributed by atoms with Crippen molar-refractivity contribution in [2.45, 2.75) is 56.0 Å². The predicted molar refractivity (Wildman–Crippen MR) is 152 cm³/mol. The molecule has 1 amide bonds. The van der Waals surface area contributed by atoms with Gasteiger partial charge < -0.3 is 10.6 Å². The van der Waals surface area contributed by atoms with Gasteiger partial charge in [-0.25, -0.2) is 12.8 Å². The lowest BCUT2D eigenvalue weighted by molar-refractivity contribution is -0.121. The number of amides is 1. The minimum Gasteiger partial charge on any atom is -0.367 e. The van der Waals surface area contributed by atoms with Crippen molar-refractivity contribution in [2.75, 3.05) is 11.1 Å². The highest BCUT2D eigenvalue weighted by Crippen LogP contribution is 2.24. The second-order valence-electron chi connectivity index (χ2n) is 9.98. The number of benzene rings is 3. The molecular weight excluding hydrogens is 555 g/mol. The number of aryl methyl sites for hydroxylation is 1. The summed E-state index contributed by atoms with van der Waals surface area (Å²) in [6, 6.07) is 13.7. The normalized spacial score (nSPS) is 14.8. The molecule has 7 nitrogen and oxygen atoms in total. The van der Waals surface area contributed by atoms with E-state index in [4.69, 9.17) is 11.6 Å². The maximum Gasteiger partial charge on any atom is 0.250 e. The predicted octanol–water partition coefficient (Wildman–Crippen LogP) is 5.56. The summed E-state index contributed by atoms with van der Waals surface area (Å²) >= 11 is 5.96. The summed E-state index contributed by atoms with van der Waals surface area (Å²) in [7, 11) is -4.04. The molecule has 0 spiro atoms. The molecule has 10 heteroatoms. The zero-order valence-corrected chi connectivity index (χ0v) is 23.5. The van der Waals surface area contributed by atoms with Gasteiger partial charge in [-0.3, -0.25) is 14.4 Å². The summed E-state index contributed by atoms with van der Waals surface area (Å²) in [5, 5.41) is 6.15. The Balaban J connectivity index is 1.64.